The topological polar surface area (TPSA) is 15.3 Å². The molecule has 2 nitrogen and oxygen atoms in total. The van der Waals surface area contributed by atoms with Gasteiger partial charge in [0.2, 0.25) is 0 Å². The molecule has 16 heavy (non-hydrogen) atoms. The Bertz CT molecular complexity index is 237. The minimum absolute atomic E-state index is 0.837. The Hall–Kier alpha value is -0.0800. The third-order valence-corrected chi connectivity index (χ3v) is 5.11. The van der Waals surface area contributed by atoms with Gasteiger partial charge in [-0.3, -0.25) is 4.90 Å². The van der Waals surface area contributed by atoms with Crippen LogP contribution in [0.2, 0.25) is 0 Å². The summed E-state index contributed by atoms with van der Waals surface area (Å²) in [6.45, 7) is 6.07. The second-order valence-corrected chi connectivity index (χ2v) is 6.17. The molecule has 1 N–H and O–H groups in total. The monoisotopic (exact) mass is 222 g/mol. The Balaban J connectivity index is 1.65. The maximum atomic E-state index is 3.76. The minimum atomic E-state index is 0.837. The molecule has 3 unspecified atom stereocenters. The van der Waals surface area contributed by atoms with E-state index in [1.54, 1.807) is 0 Å². The minimum Gasteiger partial charge on any atom is -0.311 e. The van der Waals surface area contributed by atoms with E-state index in [2.05, 4.69) is 24.1 Å². The quantitative estimate of drug-likeness (QED) is 0.786. The van der Waals surface area contributed by atoms with Crippen LogP contribution in [0.4, 0.5) is 0 Å². The molecule has 3 atom stereocenters. The Kier molecular flexibility index (Phi) is 2.97. The summed E-state index contributed by atoms with van der Waals surface area (Å²) in [5.41, 5.74) is 0. The first-order valence-electron chi connectivity index (χ1n) is 7.29. The maximum Gasteiger partial charge on any atom is 0.0128 e. The lowest BCUT2D eigenvalue weighted by Crippen LogP contribution is -2.51. The highest BCUT2D eigenvalue weighted by Crippen LogP contribution is 2.38. The zero-order valence-corrected chi connectivity index (χ0v) is 10.8. The standard InChI is InChI=1S/C14H26N2/c1-3-16(10(2)11-4-5-11)14-8-12-6-7-13(9-14)15-12/h10-15H,3-9H2,1-2H3. The highest BCUT2D eigenvalue weighted by atomic mass is 15.2. The molecule has 2 aliphatic heterocycles. The molecule has 0 spiro atoms. The smallest absolute Gasteiger partial charge is 0.0128 e. The molecular weight excluding hydrogens is 196 g/mol. The lowest BCUT2D eigenvalue weighted by atomic mass is 9.96. The first kappa shape index (κ1) is 11.0. The molecule has 3 fully saturated rings. The van der Waals surface area contributed by atoms with Crippen LogP contribution in [0.3, 0.4) is 0 Å². The van der Waals surface area contributed by atoms with Crippen LogP contribution in [0.15, 0.2) is 0 Å². The van der Waals surface area contributed by atoms with Crippen molar-refractivity contribution in [3.63, 3.8) is 0 Å². The zero-order valence-electron chi connectivity index (χ0n) is 10.8. The fourth-order valence-corrected chi connectivity index (χ4v) is 4.03. The Morgan fingerprint density at radius 1 is 1.12 bits per heavy atom. The molecule has 0 aromatic rings. The summed E-state index contributed by atoms with van der Waals surface area (Å²) in [7, 11) is 0. The van der Waals surface area contributed by atoms with Gasteiger partial charge in [-0.05, 0) is 57.9 Å². The molecule has 0 amide bonds. The summed E-state index contributed by atoms with van der Waals surface area (Å²) < 4.78 is 0. The summed E-state index contributed by atoms with van der Waals surface area (Å²) >= 11 is 0. The second kappa shape index (κ2) is 4.30. The number of piperidine rings is 1. The van der Waals surface area contributed by atoms with Crippen LogP contribution in [0.5, 0.6) is 0 Å². The zero-order chi connectivity index (χ0) is 11.1. The molecule has 92 valence electrons. The van der Waals surface area contributed by atoms with Crippen LogP contribution in [0, 0.1) is 5.92 Å². The van der Waals surface area contributed by atoms with Gasteiger partial charge in [0, 0.05) is 24.2 Å². The van der Waals surface area contributed by atoms with Crippen LogP contribution in [-0.2, 0) is 0 Å². The number of hydrogen-bond donors (Lipinski definition) is 1. The van der Waals surface area contributed by atoms with Crippen molar-refractivity contribution in [3.05, 3.63) is 0 Å². The van der Waals surface area contributed by atoms with Gasteiger partial charge < -0.3 is 5.32 Å². The van der Waals surface area contributed by atoms with Crippen molar-refractivity contribution in [2.24, 2.45) is 5.92 Å². The third-order valence-electron chi connectivity index (χ3n) is 5.11. The van der Waals surface area contributed by atoms with Crippen molar-refractivity contribution in [3.8, 4) is 0 Å². The van der Waals surface area contributed by atoms with Crippen molar-refractivity contribution in [1.29, 1.82) is 0 Å². The van der Waals surface area contributed by atoms with Gasteiger partial charge in [-0.1, -0.05) is 6.92 Å². The van der Waals surface area contributed by atoms with Crippen molar-refractivity contribution in [1.82, 2.24) is 10.2 Å². The molecule has 3 aliphatic rings. The molecule has 0 aromatic heterocycles. The largest absolute Gasteiger partial charge is 0.311 e. The lowest BCUT2D eigenvalue weighted by Gasteiger charge is -2.40. The Morgan fingerprint density at radius 2 is 1.75 bits per heavy atom. The van der Waals surface area contributed by atoms with Gasteiger partial charge in [-0.25, -0.2) is 0 Å². The highest BCUT2D eigenvalue weighted by Gasteiger charge is 2.40. The van der Waals surface area contributed by atoms with Crippen molar-refractivity contribution in [2.75, 3.05) is 6.54 Å². The van der Waals surface area contributed by atoms with Crippen LogP contribution < -0.4 is 5.32 Å². The van der Waals surface area contributed by atoms with Crippen LogP contribution in [0.25, 0.3) is 0 Å². The molecular formula is C14H26N2. The maximum absolute atomic E-state index is 3.76. The number of nitrogens with zero attached hydrogens (tertiary/aromatic N) is 1. The highest BCUT2D eigenvalue weighted by molar-refractivity contribution is 4.98. The Morgan fingerprint density at radius 3 is 2.25 bits per heavy atom. The average Bonchev–Trinajstić information content (AvgIpc) is 3.07. The van der Waals surface area contributed by atoms with E-state index in [9.17, 15) is 0 Å². The average molecular weight is 222 g/mol. The van der Waals surface area contributed by atoms with Gasteiger partial charge in [-0.15, -0.1) is 0 Å². The summed E-state index contributed by atoms with van der Waals surface area (Å²) in [5.74, 6) is 1.02. The van der Waals surface area contributed by atoms with Gasteiger partial charge >= 0.3 is 0 Å². The van der Waals surface area contributed by atoms with Crippen LogP contribution in [-0.4, -0.2) is 35.6 Å². The third kappa shape index (κ3) is 2.02. The van der Waals surface area contributed by atoms with E-state index in [1.165, 1.54) is 45.1 Å². The SMILES string of the molecule is CCN(C1CC2CCC(C1)N2)C(C)C1CC1. The van der Waals surface area contributed by atoms with E-state index in [-0.39, 0.29) is 0 Å². The van der Waals surface area contributed by atoms with E-state index in [0.717, 1.165) is 30.1 Å². The first-order valence-corrected chi connectivity index (χ1v) is 7.29. The van der Waals surface area contributed by atoms with E-state index < -0.39 is 0 Å². The summed E-state index contributed by atoms with van der Waals surface area (Å²) in [6.07, 6.45) is 8.63. The molecule has 2 saturated heterocycles. The molecule has 3 rings (SSSR count). The van der Waals surface area contributed by atoms with E-state index in [0.29, 0.717) is 0 Å². The van der Waals surface area contributed by atoms with Gasteiger partial charge in [0.15, 0.2) is 0 Å². The molecule has 2 heteroatoms. The predicted octanol–water partition coefficient (Wildman–Crippen LogP) is 2.39. The van der Waals surface area contributed by atoms with Gasteiger partial charge in [0.05, 0.1) is 0 Å². The summed E-state index contributed by atoms with van der Waals surface area (Å²) in [4.78, 5) is 2.81. The van der Waals surface area contributed by atoms with Crippen molar-refractivity contribution < 1.29 is 0 Å². The fraction of sp³-hybridized carbons (Fsp3) is 1.00. The molecule has 2 heterocycles. The van der Waals surface area contributed by atoms with Crippen molar-refractivity contribution >= 4 is 0 Å². The molecule has 0 aromatic carbocycles. The first-order chi connectivity index (χ1) is 7.78. The molecule has 1 saturated carbocycles. The number of rotatable bonds is 4. The second-order valence-electron chi connectivity index (χ2n) is 6.17. The van der Waals surface area contributed by atoms with E-state index >= 15 is 0 Å². The summed E-state index contributed by atoms with van der Waals surface area (Å²) in [5, 5.41) is 3.76. The molecule has 0 radical (unpaired) electrons. The Labute approximate surface area is 99.8 Å². The van der Waals surface area contributed by atoms with Crippen molar-refractivity contribution in [2.45, 2.75) is 76.5 Å². The number of nitrogens with one attached hydrogen (secondary N) is 1. The number of fused-ring (bicyclic) bond motifs is 2. The summed E-state index contributed by atoms with van der Waals surface area (Å²) in [6, 6.07) is 3.39. The van der Waals surface area contributed by atoms with Gasteiger partial charge in [0.25, 0.3) is 0 Å². The lowest BCUT2D eigenvalue weighted by molar-refractivity contribution is 0.0968. The van der Waals surface area contributed by atoms with E-state index in [1.807, 2.05) is 0 Å². The molecule has 2 bridgehead atoms. The fourth-order valence-electron chi connectivity index (χ4n) is 4.03. The van der Waals surface area contributed by atoms with Crippen LogP contribution in [0.1, 0.15) is 52.4 Å². The van der Waals surface area contributed by atoms with Gasteiger partial charge in [0.1, 0.15) is 0 Å². The van der Waals surface area contributed by atoms with E-state index in [4.69, 9.17) is 0 Å². The predicted molar refractivity (Wildman–Crippen MR) is 67.5 cm³/mol. The number of hydrogen-bond acceptors (Lipinski definition) is 2. The van der Waals surface area contributed by atoms with Gasteiger partial charge in [-0.2, -0.15) is 0 Å². The molecule has 1 aliphatic carbocycles. The normalized spacial score (nSPS) is 40.3. The van der Waals surface area contributed by atoms with Crippen LogP contribution >= 0.6 is 0 Å².